The van der Waals surface area contributed by atoms with Crippen LogP contribution in [0.15, 0.2) is 122 Å². The number of hydrogen-bond donors (Lipinski definition) is 0. The molecule has 4 aromatic carbocycles. The van der Waals surface area contributed by atoms with Crippen molar-refractivity contribution in [2.45, 2.75) is 6.42 Å². The zero-order chi connectivity index (χ0) is 25.8. The lowest BCUT2D eigenvalue weighted by Gasteiger charge is -2.08. The van der Waals surface area contributed by atoms with E-state index in [1.165, 1.54) is 21.5 Å². The van der Waals surface area contributed by atoms with Gasteiger partial charge in [-0.05, 0) is 24.3 Å². The van der Waals surface area contributed by atoms with Crippen LogP contribution in [0.5, 0.6) is 0 Å². The molecule has 8 rings (SSSR count). The van der Waals surface area contributed by atoms with E-state index in [-0.39, 0.29) is 0 Å². The number of aromatic nitrogens is 6. The van der Waals surface area contributed by atoms with E-state index in [4.69, 9.17) is 19.9 Å². The first-order chi connectivity index (χ1) is 19.3. The molecule has 0 unspecified atom stereocenters. The van der Waals surface area contributed by atoms with Crippen molar-refractivity contribution < 1.29 is 0 Å². The summed E-state index contributed by atoms with van der Waals surface area (Å²) in [7, 11) is 0. The van der Waals surface area contributed by atoms with E-state index < -0.39 is 0 Å². The van der Waals surface area contributed by atoms with Gasteiger partial charge in [0.15, 0.2) is 11.6 Å². The van der Waals surface area contributed by atoms with Gasteiger partial charge >= 0.3 is 0 Å². The van der Waals surface area contributed by atoms with Crippen LogP contribution in [0.1, 0.15) is 11.4 Å². The standard InChI is InChI=1S/C33H22N6/c1-5-13-28-24(9-1)25-10-2-6-14-29(25)38(28)32-20-34-22(18-36-32)17-23-19-37-33(21-35-23)39-30-15-7-3-11-26(30)27-12-4-8-16-31(27)39/h1-16,18-21H,17H2. The van der Waals surface area contributed by atoms with Crippen LogP contribution in [0.3, 0.4) is 0 Å². The zero-order valence-electron chi connectivity index (χ0n) is 20.9. The highest BCUT2D eigenvalue weighted by Crippen LogP contribution is 2.32. The number of hydrogen-bond acceptors (Lipinski definition) is 4. The second-order valence-corrected chi connectivity index (χ2v) is 9.65. The largest absolute Gasteiger partial charge is 0.293 e. The van der Waals surface area contributed by atoms with E-state index >= 15 is 0 Å². The average Bonchev–Trinajstić information content (AvgIpc) is 3.51. The van der Waals surface area contributed by atoms with Gasteiger partial charge in [-0.15, -0.1) is 0 Å². The Labute approximate surface area is 223 Å². The highest BCUT2D eigenvalue weighted by Gasteiger charge is 2.14. The van der Waals surface area contributed by atoms with Crippen molar-refractivity contribution in [1.29, 1.82) is 0 Å². The predicted octanol–water partition coefficient (Wildman–Crippen LogP) is 7.05. The summed E-state index contributed by atoms with van der Waals surface area (Å²) >= 11 is 0. The van der Waals surface area contributed by atoms with Crippen LogP contribution in [0, 0.1) is 0 Å². The van der Waals surface area contributed by atoms with Crippen molar-refractivity contribution in [3.63, 3.8) is 0 Å². The van der Waals surface area contributed by atoms with Gasteiger partial charge in [-0.3, -0.25) is 19.1 Å². The van der Waals surface area contributed by atoms with E-state index in [0.29, 0.717) is 6.42 Å². The number of para-hydroxylation sites is 4. The summed E-state index contributed by atoms with van der Waals surface area (Å²) in [5.74, 6) is 1.59. The van der Waals surface area contributed by atoms with Crippen molar-refractivity contribution in [2.75, 3.05) is 0 Å². The molecule has 4 aromatic heterocycles. The van der Waals surface area contributed by atoms with Crippen LogP contribution in [0.4, 0.5) is 0 Å². The highest BCUT2D eigenvalue weighted by atomic mass is 15.1. The summed E-state index contributed by atoms with van der Waals surface area (Å²) in [4.78, 5) is 19.1. The van der Waals surface area contributed by atoms with Crippen LogP contribution in [-0.2, 0) is 6.42 Å². The molecular formula is C33H22N6. The summed E-state index contributed by atoms with van der Waals surface area (Å²) in [6.45, 7) is 0. The monoisotopic (exact) mass is 502 g/mol. The molecule has 0 aliphatic heterocycles. The van der Waals surface area contributed by atoms with E-state index in [2.05, 4.69) is 106 Å². The minimum Gasteiger partial charge on any atom is -0.293 e. The number of rotatable bonds is 4. The quantitative estimate of drug-likeness (QED) is 0.259. The van der Waals surface area contributed by atoms with Crippen molar-refractivity contribution in [3.05, 3.63) is 133 Å². The second-order valence-electron chi connectivity index (χ2n) is 9.65. The first kappa shape index (κ1) is 21.7. The van der Waals surface area contributed by atoms with E-state index in [1.807, 2.05) is 24.8 Å². The SMILES string of the molecule is c1ccc2c(c1)c1ccccc1n2-c1cnc(Cc2cnc(-n3c4ccccc4c4ccccc43)cn2)cn1. The van der Waals surface area contributed by atoms with Crippen LogP contribution in [0.2, 0.25) is 0 Å². The van der Waals surface area contributed by atoms with Crippen molar-refractivity contribution >= 4 is 43.6 Å². The second kappa shape index (κ2) is 8.60. The number of benzene rings is 4. The van der Waals surface area contributed by atoms with Crippen molar-refractivity contribution in [1.82, 2.24) is 29.1 Å². The fourth-order valence-electron chi connectivity index (χ4n) is 5.63. The fourth-order valence-corrected chi connectivity index (χ4v) is 5.63. The minimum atomic E-state index is 0.556. The van der Waals surface area contributed by atoms with E-state index in [0.717, 1.165) is 45.1 Å². The van der Waals surface area contributed by atoms with Gasteiger partial charge in [-0.25, -0.2) is 9.97 Å². The number of nitrogens with zero attached hydrogens (tertiary/aromatic N) is 6. The lowest BCUT2D eigenvalue weighted by Crippen LogP contribution is -2.03. The van der Waals surface area contributed by atoms with Crippen LogP contribution in [0.25, 0.3) is 55.2 Å². The molecule has 0 aliphatic rings. The summed E-state index contributed by atoms with van der Waals surface area (Å²) in [5.41, 5.74) is 6.16. The Morgan fingerprint density at radius 3 is 1.03 bits per heavy atom. The molecule has 0 radical (unpaired) electrons. The zero-order valence-corrected chi connectivity index (χ0v) is 20.9. The molecule has 0 N–H and O–H groups in total. The molecule has 0 spiro atoms. The molecule has 0 fully saturated rings. The van der Waals surface area contributed by atoms with Gasteiger partial charge in [0.25, 0.3) is 0 Å². The fraction of sp³-hybridized carbons (Fsp3) is 0.0303. The molecule has 4 heterocycles. The summed E-state index contributed by atoms with van der Waals surface area (Å²) in [6, 6.07) is 33.6. The molecule has 6 heteroatoms. The molecule has 39 heavy (non-hydrogen) atoms. The Kier molecular flexibility index (Phi) is 4.79. The molecule has 0 amide bonds. The van der Waals surface area contributed by atoms with Gasteiger partial charge in [0.2, 0.25) is 0 Å². The van der Waals surface area contributed by atoms with Crippen LogP contribution >= 0.6 is 0 Å². The van der Waals surface area contributed by atoms with Gasteiger partial charge in [-0.1, -0.05) is 72.8 Å². The third kappa shape index (κ3) is 3.42. The first-order valence-electron chi connectivity index (χ1n) is 12.9. The third-order valence-corrected chi connectivity index (χ3v) is 7.36. The Balaban J connectivity index is 1.12. The maximum atomic E-state index is 4.79. The van der Waals surface area contributed by atoms with Crippen LogP contribution in [-0.4, -0.2) is 29.1 Å². The van der Waals surface area contributed by atoms with Gasteiger partial charge in [0.1, 0.15) is 0 Å². The topological polar surface area (TPSA) is 61.4 Å². The summed E-state index contributed by atoms with van der Waals surface area (Å²) in [5, 5.41) is 4.82. The smallest absolute Gasteiger partial charge is 0.156 e. The number of fused-ring (bicyclic) bond motifs is 6. The van der Waals surface area contributed by atoms with Gasteiger partial charge in [0.05, 0.1) is 58.2 Å². The highest BCUT2D eigenvalue weighted by molar-refractivity contribution is 6.09. The first-order valence-corrected chi connectivity index (χ1v) is 12.9. The van der Waals surface area contributed by atoms with Crippen LogP contribution < -0.4 is 0 Å². The predicted molar refractivity (Wildman–Crippen MR) is 156 cm³/mol. The van der Waals surface area contributed by atoms with E-state index in [1.54, 1.807) is 0 Å². The Morgan fingerprint density at radius 2 is 0.718 bits per heavy atom. The Morgan fingerprint density at radius 1 is 0.385 bits per heavy atom. The van der Waals surface area contributed by atoms with Gasteiger partial charge in [0, 0.05) is 28.0 Å². The van der Waals surface area contributed by atoms with E-state index in [9.17, 15) is 0 Å². The molecule has 0 aliphatic carbocycles. The molecule has 0 bridgehead atoms. The Bertz CT molecular complexity index is 1870. The Hall–Kier alpha value is -5.36. The van der Waals surface area contributed by atoms with Crippen molar-refractivity contribution in [3.8, 4) is 11.6 Å². The third-order valence-electron chi connectivity index (χ3n) is 7.36. The molecule has 6 nitrogen and oxygen atoms in total. The molecule has 0 saturated carbocycles. The lowest BCUT2D eigenvalue weighted by molar-refractivity contribution is 0.930. The maximum absolute atomic E-state index is 4.79. The molecule has 184 valence electrons. The molecule has 0 saturated heterocycles. The molecular weight excluding hydrogens is 480 g/mol. The molecule has 8 aromatic rings. The summed E-state index contributed by atoms with van der Waals surface area (Å²) in [6.07, 6.45) is 7.91. The maximum Gasteiger partial charge on any atom is 0.156 e. The van der Waals surface area contributed by atoms with Crippen molar-refractivity contribution in [2.24, 2.45) is 0 Å². The van der Waals surface area contributed by atoms with Gasteiger partial charge in [-0.2, -0.15) is 0 Å². The normalized spacial score (nSPS) is 11.7. The molecule has 0 atom stereocenters. The summed E-state index contributed by atoms with van der Waals surface area (Å²) < 4.78 is 4.34. The van der Waals surface area contributed by atoms with Gasteiger partial charge < -0.3 is 0 Å². The minimum absolute atomic E-state index is 0.556. The lowest BCUT2D eigenvalue weighted by atomic mass is 10.2. The average molecular weight is 503 g/mol.